The average Bonchev–Trinajstić information content (AvgIpc) is 2.37. The quantitative estimate of drug-likeness (QED) is 0.562. The SMILES string of the molecule is CCOC(CN)CCN(CCOC)C(C)COC. The Morgan fingerprint density at radius 1 is 1.17 bits per heavy atom. The summed E-state index contributed by atoms with van der Waals surface area (Å²) in [6, 6.07) is 0.380. The standard InChI is InChI=1S/C13H30N2O3/c1-5-18-13(10-14)6-7-15(8-9-16-3)12(2)11-17-4/h12-13H,5-11,14H2,1-4H3. The second-order valence-electron chi connectivity index (χ2n) is 4.43. The van der Waals surface area contributed by atoms with Crippen molar-refractivity contribution in [3.8, 4) is 0 Å². The van der Waals surface area contributed by atoms with Crippen LogP contribution in [0, 0.1) is 0 Å². The van der Waals surface area contributed by atoms with E-state index in [0.29, 0.717) is 19.2 Å². The van der Waals surface area contributed by atoms with E-state index in [1.54, 1.807) is 14.2 Å². The average molecular weight is 262 g/mol. The minimum Gasteiger partial charge on any atom is -0.383 e. The second kappa shape index (κ2) is 11.9. The van der Waals surface area contributed by atoms with E-state index in [-0.39, 0.29) is 6.10 Å². The molecule has 0 aliphatic carbocycles. The molecule has 2 unspecified atom stereocenters. The van der Waals surface area contributed by atoms with Gasteiger partial charge in [0.1, 0.15) is 0 Å². The van der Waals surface area contributed by atoms with Gasteiger partial charge in [0.25, 0.3) is 0 Å². The molecule has 18 heavy (non-hydrogen) atoms. The predicted octanol–water partition coefficient (Wildman–Crippen LogP) is 0.724. The highest BCUT2D eigenvalue weighted by Crippen LogP contribution is 2.05. The number of rotatable bonds is 12. The van der Waals surface area contributed by atoms with Gasteiger partial charge in [0.15, 0.2) is 0 Å². The van der Waals surface area contributed by atoms with Gasteiger partial charge in [-0.1, -0.05) is 0 Å². The van der Waals surface area contributed by atoms with E-state index in [1.165, 1.54) is 0 Å². The maximum atomic E-state index is 5.69. The lowest BCUT2D eigenvalue weighted by Crippen LogP contribution is -2.41. The van der Waals surface area contributed by atoms with Crippen molar-refractivity contribution in [3.05, 3.63) is 0 Å². The molecule has 0 spiro atoms. The molecule has 5 heteroatoms. The molecule has 0 saturated carbocycles. The Bertz CT molecular complexity index is 182. The van der Waals surface area contributed by atoms with Gasteiger partial charge in [0.05, 0.1) is 19.3 Å². The van der Waals surface area contributed by atoms with Crippen molar-refractivity contribution in [2.75, 3.05) is 53.7 Å². The van der Waals surface area contributed by atoms with Gasteiger partial charge in [-0.3, -0.25) is 4.90 Å². The fourth-order valence-electron chi connectivity index (χ4n) is 1.92. The first-order valence-corrected chi connectivity index (χ1v) is 6.73. The van der Waals surface area contributed by atoms with E-state index in [1.807, 2.05) is 6.92 Å². The normalized spacial score (nSPS) is 15.0. The third-order valence-corrected chi connectivity index (χ3v) is 3.02. The van der Waals surface area contributed by atoms with Gasteiger partial charge in [-0.2, -0.15) is 0 Å². The van der Waals surface area contributed by atoms with Crippen molar-refractivity contribution in [1.82, 2.24) is 4.90 Å². The van der Waals surface area contributed by atoms with Crippen molar-refractivity contribution < 1.29 is 14.2 Å². The molecule has 0 saturated heterocycles. The van der Waals surface area contributed by atoms with Crippen LogP contribution in [0.2, 0.25) is 0 Å². The van der Waals surface area contributed by atoms with Crippen molar-refractivity contribution in [2.24, 2.45) is 5.73 Å². The van der Waals surface area contributed by atoms with Crippen molar-refractivity contribution in [1.29, 1.82) is 0 Å². The van der Waals surface area contributed by atoms with E-state index in [0.717, 1.165) is 32.7 Å². The van der Waals surface area contributed by atoms with Gasteiger partial charge in [-0.05, 0) is 20.3 Å². The molecule has 2 atom stereocenters. The van der Waals surface area contributed by atoms with E-state index in [9.17, 15) is 0 Å². The molecule has 0 aromatic carbocycles. The first kappa shape index (κ1) is 17.8. The van der Waals surface area contributed by atoms with Crippen LogP contribution in [0.1, 0.15) is 20.3 Å². The van der Waals surface area contributed by atoms with Crippen molar-refractivity contribution >= 4 is 0 Å². The molecular weight excluding hydrogens is 232 g/mol. The number of ether oxygens (including phenoxy) is 3. The molecule has 0 aromatic rings. The summed E-state index contributed by atoms with van der Waals surface area (Å²) in [5.41, 5.74) is 5.69. The third-order valence-electron chi connectivity index (χ3n) is 3.02. The molecule has 0 aromatic heterocycles. The summed E-state index contributed by atoms with van der Waals surface area (Å²) in [6.45, 7) is 8.77. The van der Waals surface area contributed by atoms with E-state index < -0.39 is 0 Å². The Balaban J connectivity index is 4.12. The Hall–Kier alpha value is -0.200. The summed E-state index contributed by atoms with van der Waals surface area (Å²) < 4.78 is 15.9. The predicted molar refractivity (Wildman–Crippen MR) is 73.9 cm³/mol. The molecule has 0 fully saturated rings. The summed E-state index contributed by atoms with van der Waals surface area (Å²) in [7, 11) is 3.45. The largest absolute Gasteiger partial charge is 0.383 e. The van der Waals surface area contributed by atoms with Gasteiger partial charge in [-0.15, -0.1) is 0 Å². The Labute approximate surface area is 112 Å². The fourth-order valence-corrected chi connectivity index (χ4v) is 1.92. The van der Waals surface area contributed by atoms with Crippen LogP contribution in [0.5, 0.6) is 0 Å². The second-order valence-corrected chi connectivity index (χ2v) is 4.43. The van der Waals surface area contributed by atoms with Gasteiger partial charge >= 0.3 is 0 Å². The highest BCUT2D eigenvalue weighted by molar-refractivity contribution is 4.70. The minimum atomic E-state index is 0.148. The highest BCUT2D eigenvalue weighted by atomic mass is 16.5. The first-order valence-electron chi connectivity index (χ1n) is 6.73. The topological polar surface area (TPSA) is 57.0 Å². The maximum absolute atomic E-state index is 5.69. The van der Waals surface area contributed by atoms with Crippen LogP contribution < -0.4 is 5.73 Å². The van der Waals surface area contributed by atoms with E-state index in [2.05, 4.69) is 11.8 Å². The lowest BCUT2D eigenvalue weighted by molar-refractivity contribution is 0.0347. The van der Waals surface area contributed by atoms with Crippen LogP contribution >= 0.6 is 0 Å². The van der Waals surface area contributed by atoms with Gasteiger partial charge in [-0.25, -0.2) is 0 Å². The molecular formula is C13H30N2O3. The van der Waals surface area contributed by atoms with Gasteiger partial charge in [0.2, 0.25) is 0 Å². The highest BCUT2D eigenvalue weighted by Gasteiger charge is 2.15. The maximum Gasteiger partial charge on any atom is 0.0709 e. The molecule has 0 bridgehead atoms. The van der Waals surface area contributed by atoms with Crippen LogP contribution in [-0.4, -0.2) is 70.7 Å². The zero-order valence-electron chi connectivity index (χ0n) is 12.4. The Morgan fingerprint density at radius 3 is 2.39 bits per heavy atom. The van der Waals surface area contributed by atoms with Crippen LogP contribution in [0.3, 0.4) is 0 Å². The number of nitrogens with two attached hydrogens (primary N) is 1. The van der Waals surface area contributed by atoms with Crippen LogP contribution in [0.4, 0.5) is 0 Å². The van der Waals surface area contributed by atoms with Crippen LogP contribution in [-0.2, 0) is 14.2 Å². The Morgan fingerprint density at radius 2 is 1.89 bits per heavy atom. The molecule has 0 rings (SSSR count). The summed E-state index contributed by atoms with van der Waals surface area (Å²) in [5.74, 6) is 0. The zero-order valence-corrected chi connectivity index (χ0v) is 12.4. The summed E-state index contributed by atoms with van der Waals surface area (Å²) in [6.07, 6.45) is 1.09. The number of hydrogen-bond acceptors (Lipinski definition) is 5. The molecule has 5 nitrogen and oxygen atoms in total. The smallest absolute Gasteiger partial charge is 0.0709 e. The van der Waals surface area contributed by atoms with E-state index in [4.69, 9.17) is 19.9 Å². The zero-order chi connectivity index (χ0) is 13.8. The monoisotopic (exact) mass is 262 g/mol. The summed E-state index contributed by atoms with van der Waals surface area (Å²) >= 11 is 0. The summed E-state index contributed by atoms with van der Waals surface area (Å²) in [5, 5.41) is 0. The summed E-state index contributed by atoms with van der Waals surface area (Å²) in [4.78, 5) is 2.36. The molecule has 2 N–H and O–H groups in total. The van der Waals surface area contributed by atoms with Gasteiger partial charge < -0.3 is 19.9 Å². The lowest BCUT2D eigenvalue weighted by Gasteiger charge is -2.29. The third kappa shape index (κ3) is 8.00. The van der Waals surface area contributed by atoms with Crippen LogP contribution in [0.15, 0.2) is 0 Å². The molecule has 0 radical (unpaired) electrons. The van der Waals surface area contributed by atoms with Crippen molar-refractivity contribution in [2.45, 2.75) is 32.4 Å². The fraction of sp³-hybridized carbons (Fsp3) is 1.00. The lowest BCUT2D eigenvalue weighted by atomic mass is 10.2. The van der Waals surface area contributed by atoms with Gasteiger partial charge in [0, 0.05) is 46.5 Å². The number of hydrogen-bond donors (Lipinski definition) is 1. The number of methoxy groups -OCH3 is 2. The molecule has 0 aliphatic rings. The van der Waals surface area contributed by atoms with E-state index >= 15 is 0 Å². The van der Waals surface area contributed by atoms with Crippen molar-refractivity contribution in [3.63, 3.8) is 0 Å². The first-order chi connectivity index (χ1) is 8.69. The molecule has 110 valence electrons. The Kier molecular flexibility index (Phi) is 11.7. The van der Waals surface area contributed by atoms with Crippen LogP contribution in [0.25, 0.3) is 0 Å². The molecule has 0 aliphatic heterocycles. The molecule has 0 heterocycles. The minimum absolute atomic E-state index is 0.148. The molecule has 0 amide bonds. The number of nitrogens with zero attached hydrogens (tertiary/aromatic N) is 1.